The highest BCUT2D eigenvalue weighted by molar-refractivity contribution is 7.13. The lowest BCUT2D eigenvalue weighted by atomic mass is 10.2. The van der Waals surface area contributed by atoms with Crippen LogP contribution in [-0.4, -0.2) is 27.0 Å². The quantitative estimate of drug-likeness (QED) is 0.795. The summed E-state index contributed by atoms with van der Waals surface area (Å²) in [4.78, 5) is 17.0. The van der Waals surface area contributed by atoms with Crippen LogP contribution < -0.4 is 5.32 Å². The molecule has 0 aliphatic rings. The van der Waals surface area contributed by atoms with Crippen LogP contribution in [0, 0.1) is 0 Å². The predicted molar refractivity (Wildman–Crippen MR) is 83.9 cm³/mol. The molecule has 3 aromatic heterocycles. The first-order valence-electron chi connectivity index (χ1n) is 7.01. The molecule has 1 N–H and O–H groups in total. The molecule has 0 aliphatic carbocycles. The minimum atomic E-state index is -3.11. The van der Waals surface area contributed by atoms with Gasteiger partial charge in [-0.1, -0.05) is 6.07 Å². The van der Waals surface area contributed by atoms with E-state index in [-0.39, 0.29) is 17.0 Å². The molecule has 0 atom stereocenters. The molecule has 0 saturated heterocycles. The topological polar surface area (TPSA) is 59.3 Å². The summed E-state index contributed by atoms with van der Waals surface area (Å²) in [5.74, 6) is -3.53. The molecule has 120 valence electrons. The van der Waals surface area contributed by atoms with Gasteiger partial charge in [0.2, 0.25) is 0 Å². The van der Waals surface area contributed by atoms with Crippen LogP contribution in [0.2, 0.25) is 0 Å². The number of carbonyl (C=O) groups is 1. The van der Waals surface area contributed by atoms with Crippen LogP contribution in [0.5, 0.6) is 0 Å². The van der Waals surface area contributed by atoms with Crippen molar-refractivity contribution in [3.8, 4) is 10.6 Å². The van der Waals surface area contributed by atoms with Crippen molar-refractivity contribution < 1.29 is 13.6 Å². The van der Waals surface area contributed by atoms with Crippen molar-refractivity contribution in [1.29, 1.82) is 0 Å². The van der Waals surface area contributed by atoms with E-state index in [1.54, 1.807) is 6.92 Å². The minimum Gasteiger partial charge on any atom is -0.351 e. The van der Waals surface area contributed by atoms with Crippen LogP contribution in [0.25, 0.3) is 16.2 Å². The molecule has 1 amide bonds. The van der Waals surface area contributed by atoms with E-state index in [1.807, 2.05) is 17.5 Å². The average molecular weight is 336 g/mol. The maximum atomic E-state index is 14.0. The fourth-order valence-corrected chi connectivity index (χ4v) is 2.89. The summed E-state index contributed by atoms with van der Waals surface area (Å²) in [6, 6.07) is 6.36. The molecule has 0 saturated carbocycles. The van der Waals surface area contributed by atoms with Crippen molar-refractivity contribution in [2.75, 3.05) is 6.54 Å². The number of amides is 1. The number of thiophene rings is 1. The van der Waals surface area contributed by atoms with E-state index < -0.39 is 11.8 Å². The number of alkyl halides is 2. The molecule has 0 bridgehead atoms. The Balaban J connectivity index is 2.21. The monoisotopic (exact) mass is 336 g/mol. The highest BCUT2D eigenvalue weighted by atomic mass is 32.1. The number of aromatic nitrogens is 3. The Labute approximate surface area is 135 Å². The zero-order valence-electron chi connectivity index (χ0n) is 12.5. The third-order valence-corrected chi connectivity index (χ3v) is 4.11. The van der Waals surface area contributed by atoms with Gasteiger partial charge in [-0.25, -0.2) is 9.50 Å². The van der Waals surface area contributed by atoms with Gasteiger partial charge in [-0.05, 0) is 24.4 Å². The zero-order valence-corrected chi connectivity index (χ0v) is 13.3. The van der Waals surface area contributed by atoms with E-state index in [9.17, 15) is 13.6 Å². The largest absolute Gasteiger partial charge is 0.351 e. The number of nitrogens with one attached hydrogen (secondary N) is 1. The van der Waals surface area contributed by atoms with Crippen LogP contribution in [0.1, 0.15) is 30.0 Å². The summed E-state index contributed by atoms with van der Waals surface area (Å²) in [7, 11) is 0. The van der Waals surface area contributed by atoms with E-state index in [4.69, 9.17) is 0 Å². The molecule has 3 rings (SSSR count). The van der Waals surface area contributed by atoms with E-state index in [2.05, 4.69) is 15.4 Å². The lowest BCUT2D eigenvalue weighted by Crippen LogP contribution is -2.23. The predicted octanol–water partition coefficient (Wildman–Crippen LogP) is 3.32. The van der Waals surface area contributed by atoms with Gasteiger partial charge in [-0.15, -0.1) is 11.3 Å². The summed E-state index contributed by atoms with van der Waals surface area (Å²) in [6.45, 7) is 3.00. The van der Waals surface area contributed by atoms with E-state index >= 15 is 0 Å². The smallest absolute Gasteiger partial charge is 0.287 e. The molecule has 23 heavy (non-hydrogen) atoms. The van der Waals surface area contributed by atoms with Gasteiger partial charge in [0, 0.05) is 19.5 Å². The van der Waals surface area contributed by atoms with Gasteiger partial charge in [-0.3, -0.25) is 4.79 Å². The van der Waals surface area contributed by atoms with Crippen molar-refractivity contribution in [3.05, 3.63) is 41.0 Å². The van der Waals surface area contributed by atoms with Gasteiger partial charge < -0.3 is 5.32 Å². The molecule has 3 aromatic rings. The van der Waals surface area contributed by atoms with Gasteiger partial charge >= 0.3 is 0 Å². The highest BCUT2D eigenvalue weighted by Crippen LogP contribution is 2.32. The number of nitrogens with zero attached hydrogens (tertiary/aromatic N) is 3. The third-order valence-electron chi connectivity index (χ3n) is 3.22. The summed E-state index contributed by atoms with van der Waals surface area (Å²) < 4.78 is 29.0. The van der Waals surface area contributed by atoms with Crippen molar-refractivity contribution >= 4 is 22.9 Å². The first-order valence-corrected chi connectivity index (χ1v) is 7.89. The van der Waals surface area contributed by atoms with Crippen LogP contribution in [-0.2, 0) is 5.92 Å². The molecule has 8 heteroatoms. The number of rotatable bonds is 4. The second-order valence-electron chi connectivity index (χ2n) is 5.05. The fraction of sp³-hybridized carbons (Fsp3) is 0.267. The number of fused-ring (bicyclic) bond motifs is 1. The van der Waals surface area contributed by atoms with Gasteiger partial charge in [0.05, 0.1) is 10.6 Å². The van der Waals surface area contributed by atoms with Gasteiger partial charge in [-0.2, -0.15) is 13.9 Å². The lowest BCUT2D eigenvalue weighted by molar-refractivity contribution is 0.0104. The summed E-state index contributed by atoms with van der Waals surface area (Å²) in [5, 5.41) is 8.43. The molecular weight excluding hydrogens is 322 g/mol. The van der Waals surface area contributed by atoms with Crippen molar-refractivity contribution in [3.63, 3.8) is 0 Å². The first kappa shape index (κ1) is 15.5. The summed E-state index contributed by atoms with van der Waals surface area (Å²) >= 11 is 1.41. The molecule has 0 unspecified atom stereocenters. The number of carbonyl (C=O) groups excluding carboxylic acids is 1. The average Bonchev–Trinajstić information content (AvgIpc) is 3.14. The van der Waals surface area contributed by atoms with Crippen LogP contribution in [0.15, 0.2) is 29.6 Å². The molecular formula is C15H14F2N4OS. The second kappa shape index (κ2) is 5.69. The number of hydrogen-bond acceptors (Lipinski definition) is 4. The molecule has 0 spiro atoms. The summed E-state index contributed by atoms with van der Waals surface area (Å²) in [6.07, 6.45) is 0. The molecule has 0 aromatic carbocycles. The van der Waals surface area contributed by atoms with E-state index in [0.717, 1.165) is 16.3 Å². The second-order valence-corrected chi connectivity index (χ2v) is 6.00. The molecule has 0 radical (unpaired) electrons. The third kappa shape index (κ3) is 2.94. The zero-order chi connectivity index (χ0) is 16.6. The lowest BCUT2D eigenvalue weighted by Gasteiger charge is -2.13. The Morgan fingerprint density at radius 2 is 2.22 bits per heavy atom. The van der Waals surface area contributed by atoms with E-state index in [0.29, 0.717) is 12.2 Å². The van der Waals surface area contributed by atoms with Gasteiger partial charge in [0.1, 0.15) is 5.69 Å². The van der Waals surface area contributed by atoms with Crippen LogP contribution in [0.4, 0.5) is 8.78 Å². The minimum absolute atomic E-state index is 0.0631. The molecule has 0 fully saturated rings. The fourth-order valence-electron chi connectivity index (χ4n) is 2.20. The van der Waals surface area contributed by atoms with Crippen LogP contribution >= 0.6 is 11.3 Å². The number of halogens is 2. The molecule has 5 nitrogen and oxygen atoms in total. The van der Waals surface area contributed by atoms with Crippen molar-refractivity contribution in [2.45, 2.75) is 19.8 Å². The normalized spacial score (nSPS) is 11.8. The van der Waals surface area contributed by atoms with Gasteiger partial charge in [0.15, 0.2) is 11.3 Å². The Morgan fingerprint density at radius 1 is 1.43 bits per heavy atom. The maximum Gasteiger partial charge on any atom is 0.287 e. The standard InChI is InChI=1S/C15H14F2N4OS/c1-3-18-14(22)10-8-13-19-9(11-5-4-6-23-11)7-12(15(2,16)17)21(13)20-10/h4-8H,3H2,1-2H3,(H,18,22). The Morgan fingerprint density at radius 3 is 2.83 bits per heavy atom. The van der Waals surface area contributed by atoms with Gasteiger partial charge in [0.25, 0.3) is 11.8 Å². The summed E-state index contributed by atoms with van der Waals surface area (Å²) in [5.41, 5.74) is 0.412. The SMILES string of the molecule is CCNC(=O)c1cc2nc(-c3cccs3)cc(C(C)(F)F)n2n1. The van der Waals surface area contributed by atoms with Crippen LogP contribution in [0.3, 0.4) is 0 Å². The molecule has 3 heterocycles. The Bertz CT molecular complexity index is 852. The van der Waals surface area contributed by atoms with E-state index in [1.165, 1.54) is 23.5 Å². The Hall–Kier alpha value is -2.35. The first-order chi connectivity index (χ1) is 10.9. The highest BCUT2D eigenvalue weighted by Gasteiger charge is 2.30. The van der Waals surface area contributed by atoms with Crippen molar-refractivity contribution in [1.82, 2.24) is 19.9 Å². The Kier molecular flexibility index (Phi) is 3.85. The maximum absolute atomic E-state index is 14.0. The van der Waals surface area contributed by atoms with Crippen molar-refractivity contribution in [2.24, 2.45) is 0 Å². The number of hydrogen-bond donors (Lipinski definition) is 1. The molecule has 0 aliphatic heterocycles.